The first-order valence-corrected chi connectivity index (χ1v) is 7.83. The number of esters is 1. The Morgan fingerprint density at radius 1 is 1.26 bits per heavy atom. The fraction of sp³-hybridized carbons (Fsp3) is 0.474. The summed E-state index contributed by atoms with van der Waals surface area (Å²) in [5, 5.41) is 2.97. The van der Waals surface area contributed by atoms with Gasteiger partial charge in [-0.1, -0.05) is 31.6 Å². The molecule has 1 aliphatic carbocycles. The summed E-state index contributed by atoms with van der Waals surface area (Å²) >= 11 is 0. The topological polar surface area (TPSA) is 55.4 Å². The third-order valence-electron chi connectivity index (χ3n) is 4.62. The molecule has 0 heterocycles. The molecule has 1 aliphatic rings. The van der Waals surface area contributed by atoms with Gasteiger partial charge >= 0.3 is 5.97 Å². The standard InChI is InChI=1S/C19H25NO3/c1-11(2)9-14-16(19(14,4)5)17(21)20-15-10-13(18(22)23-6)8-7-12(15)3/h7-10,14,16H,1-6H3,(H,20,21). The fourth-order valence-electron chi connectivity index (χ4n) is 3.06. The average Bonchev–Trinajstić information content (AvgIpc) is 3.00. The normalized spacial score (nSPS) is 21.3. The van der Waals surface area contributed by atoms with Crippen LogP contribution in [0.3, 0.4) is 0 Å². The van der Waals surface area contributed by atoms with Crippen molar-refractivity contribution < 1.29 is 14.3 Å². The molecule has 1 aromatic carbocycles. The second kappa shape index (κ2) is 6.19. The van der Waals surface area contributed by atoms with Gasteiger partial charge in [0.1, 0.15) is 0 Å². The molecule has 0 bridgehead atoms. The van der Waals surface area contributed by atoms with E-state index in [1.807, 2.05) is 26.8 Å². The molecule has 0 aromatic heterocycles. The number of nitrogens with one attached hydrogen (secondary N) is 1. The highest BCUT2D eigenvalue weighted by atomic mass is 16.5. The highest BCUT2D eigenvalue weighted by molar-refractivity contribution is 5.98. The average molecular weight is 315 g/mol. The predicted octanol–water partition coefficient (Wildman–Crippen LogP) is 3.96. The first-order chi connectivity index (χ1) is 10.7. The summed E-state index contributed by atoms with van der Waals surface area (Å²) in [6.07, 6.45) is 2.17. The maximum atomic E-state index is 12.6. The summed E-state index contributed by atoms with van der Waals surface area (Å²) in [5.74, 6) is -0.188. The van der Waals surface area contributed by atoms with Crippen molar-refractivity contribution in [3.8, 4) is 0 Å². The molecule has 4 heteroatoms. The van der Waals surface area contributed by atoms with Gasteiger partial charge in [-0.25, -0.2) is 4.79 Å². The minimum atomic E-state index is -0.408. The summed E-state index contributed by atoms with van der Waals surface area (Å²) in [7, 11) is 1.34. The summed E-state index contributed by atoms with van der Waals surface area (Å²) in [6.45, 7) is 10.2. The van der Waals surface area contributed by atoms with Crippen LogP contribution in [-0.2, 0) is 9.53 Å². The zero-order chi connectivity index (χ0) is 17.4. The summed E-state index contributed by atoms with van der Waals surface area (Å²) < 4.78 is 4.73. The van der Waals surface area contributed by atoms with Crippen LogP contribution in [0.2, 0.25) is 0 Å². The summed E-state index contributed by atoms with van der Waals surface area (Å²) in [6, 6.07) is 5.18. The van der Waals surface area contributed by atoms with Gasteiger partial charge in [0.2, 0.25) is 5.91 Å². The van der Waals surface area contributed by atoms with Crippen molar-refractivity contribution in [1.29, 1.82) is 0 Å². The number of amides is 1. The van der Waals surface area contributed by atoms with Crippen LogP contribution in [0.1, 0.15) is 43.6 Å². The number of ether oxygens (including phenoxy) is 1. The molecule has 2 rings (SSSR count). The fourth-order valence-corrected chi connectivity index (χ4v) is 3.06. The second-order valence-electron chi connectivity index (χ2n) is 7.08. The number of rotatable bonds is 4. The van der Waals surface area contributed by atoms with Gasteiger partial charge in [0, 0.05) is 5.69 Å². The molecular weight excluding hydrogens is 290 g/mol. The van der Waals surface area contributed by atoms with Crippen LogP contribution in [0.5, 0.6) is 0 Å². The van der Waals surface area contributed by atoms with E-state index < -0.39 is 5.97 Å². The van der Waals surface area contributed by atoms with E-state index in [1.165, 1.54) is 12.7 Å². The lowest BCUT2D eigenvalue weighted by atomic mass is 10.1. The molecule has 1 N–H and O–H groups in total. The lowest BCUT2D eigenvalue weighted by Crippen LogP contribution is -2.18. The smallest absolute Gasteiger partial charge is 0.337 e. The first-order valence-electron chi connectivity index (χ1n) is 7.83. The summed E-state index contributed by atoms with van der Waals surface area (Å²) in [4.78, 5) is 24.3. The monoisotopic (exact) mass is 315 g/mol. The van der Waals surface area contributed by atoms with E-state index in [2.05, 4.69) is 25.2 Å². The SMILES string of the molecule is COC(=O)c1ccc(C)c(NC(=O)C2C(C=C(C)C)C2(C)C)c1. The zero-order valence-electron chi connectivity index (χ0n) is 14.7. The van der Waals surface area contributed by atoms with Gasteiger partial charge in [-0.05, 0) is 49.8 Å². The number of methoxy groups -OCH3 is 1. The third-order valence-corrected chi connectivity index (χ3v) is 4.62. The number of aryl methyl sites for hydroxylation is 1. The highest BCUT2D eigenvalue weighted by Gasteiger charge is 2.60. The molecule has 4 nitrogen and oxygen atoms in total. The van der Waals surface area contributed by atoms with Crippen LogP contribution in [0, 0.1) is 24.2 Å². The number of hydrogen-bond acceptors (Lipinski definition) is 3. The number of hydrogen-bond donors (Lipinski definition) is 1. The number of carbonyl (C=O) groups excluding carboxylic acids is 2. The van der Waals surface area contributed by atoms with E-state index in [0.29, 0.717) is 11.3 Å². The van der Waals surface area contributed by atoms with Gasteiger partial charge in [-0.3, -0.25) is 4.79 Å². The Kier molecular flexibility index (Phi) is 4.64. The van der Waals surface area contributed by atoms with Gasteiger partial charge in [-0.2, -0.15) is 0 Å². The van der Waals surface area contributed by atoms with E-state index in [0.717, 1.165) is 5.56 Å². The minimum absolute atomic E-state index is 0.00242. The van der Waals surface area contributed by atoms with E-state index in [4.69, 9.17) is 4.74 Å². The van der Waals surface area contributed by atoms with E-state index in [1.54, 1.807) is 12.1 Å². The second-order valence-corrected chi connectivity index (χ2v) is 7.08. The van der Waals surface area contributed by atoms with Crippen molar-refractivity contribution in [2.45, 2.75) is 34.6 Å². The molecule has 1 amide bonds. The maximum absolute atomic E-state index is 12.6. The van der Waals surface area contributed by atoms with Crippen molar-refractivity contribution in [2.24, 2.45) is 17.3 Å². The zero-order valence-corrected chi connectivity index (χ0v) is 14.7. The number of benzene rings is 1. The van der Waals surface area contributed by atoms with Crippen LogP contribution in [0.15, 0.2) is 29.8 Å². The van der Waals surface area contributed by atoms with Crippen molar-refractivity contribution >= 4 is 17.6 Å². The third kappa shape index (κ3) is 3.46. The van der Waals surface area contributed by atoms with Crippen molar-refractivity contribution in [1.82, 2.24) is 0 Å². The van der Waals surface area contributed by atoms with Gasteiger partial charge in [0.15, 0.2) is 0 Å². The predicted molar refractivity (Wildman–Crippen MR) is 91.3 cm³/mol. The molecule has 0 radical (unpaired) electrons. The molecule has 2 unspecified atom stereocenters. The van der Waals surface area contributed by atoms with Crippen molar-refractivity contribution in [2.75, 3.05) is 12.4 Å². The molecule has 1 saturated carbocycles. The van der Waals surface area contributed by atoms with E-state index in [-0.39, 0.29) is 23.2 Å². The Hall–Kier alpha value is -2.10. The molecule has 0 aliphatic heterocycles. The van der Waals surface area contributed by atoms with Crippen LogP contribution in [-0.4, -0.2) is 19.0 Å². The largest absolute Gasteiger partial charge is 0.465 e. The first kappa shape index (κ1) is 17.3. The number of anilines is 1. The molecule has 1 fully saturated rings. The molecule has 0 saturated heterocycles. The molecule has 1 aromatic rings. The van der Waals surface area contributed by atoms with Crippen LogP contribution < -0.4 is 5.32 Å². The Morgan fingerprint density at radius 2 is 1.91 bits per heavy atom. The lowest BCUT2D eigenvalue weighted by molar-refractivity contribution is -0.118. The Balaban J connectivity index is 2.18. The molecule has 0 spiro atoms. The highest BCUT2D eigenvalue weighted by Crippen LogP contribution is 2.59. The van der Waals surface area contributed by atoms with Gasteiger partial charge in [-0.15, -0.1) is 0 Å². The van der Waals surface area contributed by atoms with E-state index in [9.17, 15) is 9.59 Å². The van der Waals surface area contributed by atoms with Crippen molar-refractivity contribution in [3.05, 3.63) is 41.0 Å². The minimum Gasteiger partial charge on any atom is -0.465 e. The Bertz CT molecular complexity index is 669. The molecular formula is C19H25NO3. The molecule has 2 atom stereocenters. The maximum Gasteiger partial charge on any atom is 0.337 e. The van der Waals surface area contributed by atoms with Gasteiger partial charge < -0.3 is 10.1 Å². The van der Waals surface area contributed by atoms with Crippen LogP contribution in [0.4, 0.5) is 5.69 Å². The molecule has 23 heavy (non-hydrogen) atoms. The van der Waals surface area contributed by atoms with Crippen LogP contribution >= 0.6 is 0 Å². The van der Waals surface area contributed by atoms with Crippen LogP contribution in [0.25, 0.3) is 0 Å². The van der Waals surface area contributed by atoms with Crippen molar-refractivity contribution in [3.63, 3.8) is 0 Å². The lowest BCUT2D eigenvalue weighted by Gasteiger charge is -2.10. The number of allylic oxidation sites excluding steroid dienone is 2. The van der Waals surface area contributed by atoms with Gasteiger partial charge in [0.05, 0.1) is 18.6 Å². The Labute approximate surface area is 137 Å². The Morgan fingerprint density at radius 3 is 2.48 bits per heavy atom. The van der Waals surface area contributed by atoms with Gasteiger partial charge in [0.25, 0.3) is 0 Å². The van der Waals surface area contributed by atoms with E-state index >= 15 is 0 Å². The molecule has 124 valence electrons. The quantitative estimate of drug-likeness (QED) is 0.676. The number of carbonyl (C=O) groups is 2. The summed E-state index contributed by atoms with van der Waals surface area (Å²) in [5.41, 5.74) is 3.21.